The molecular formula is C22H24N4O2S. The minimum absolute atomic E-state index is 0.0432. The number of amides is 2. The number of nitrogens with zero attached hydrogens (tertiary/aromatic N) is 3. The van der Waals surface area contributed by atoms with Gasteiger partial charge in [-0.2, -0.15) is 0 Å². The Hall–Kier alpha value is -2.93. The van der Waals surface area contributed by atoms with Crippen molar-refractivity contribution in [2.75, 3.05) is 19.6 Å². The van der Waals surface area contributed by atoms with Gasteiger partial charge >= 0.3 is 0 Å². The average Bonchev–Trinajstić information content (AvgIpc) is 3.46. The Labute approximate surface area is 174 Å². The van der Waals surface area contributed by atoms with Gasteiger partial charge in [-0.1, -0.05) is 6.07 Å². The smallest absolute Gasteiger partial charge is 0.270 e. The number of thiophene rings is 1. The first-order valence-corrected chi connectivity index (χ1v) is 10.8. The van der Waals surface area contributed by atoms with Crippen molar-refractivity contribution in [3.05, 3.63) is 70.9 Å². The van der Waals surface area contributed by atoms with Crippen molar-refractivity contribution < 1.29 is 9.59 Å². The minimum atomic E-state index is -0.155. The minimum Gasteiger partial charge on any atom is -0.355 e. The molecule has 0 bridgehead atoms. The Kier molecular flexibility index (Phi) is 6.05. The van der Waals surface area contributed by atoms with E-state index < -0.39 is 0 Å². The van der Waals surface area contributed by atoms with Crippen LogP contribution in [0.15, 0.2) is 60.4 Å². The van der Waals surface area contributed by atoms with E-state index in [0.29, 0.717) is 25.3 Å². The topological polar surface area (TPSA) is 67.2 Å². The van der Waals surface area contributed by atoms with Crippen LogP contribution in [-0.2, 0) is 11.2 Å². The van der Waals surface area contributed by atoms with Gasteiger partial charge in [-0.15, -0.1) is 11.3 Å². The van der Waals surface area contributed by atoms with Gasteiger partial charge in [0.05, 0.1) is 17.8 Å². The summed E-state index contributed by atoms with van der Waals surface area (Å²) in [5.74, 6) is -0.158. The van der Waals surface area contributed by atoms with E-state index >= 15 is 0 Å². The zero-order chi connectivity index (χ0) is 20.1. The SMILES string of the molecule is O=C(NCCc1cccs1)[C@H]1CCCN(C(=O)c2cccn2-c2cccnc2)C1. The van der Waals surface area contributed by atoms with Gasteiger partial charge in [0.25, 0.3) is 5.91 Å². The summed E-state index contributed by atoms with van der Waals surface area (Å²) >= 11 is 1.70. The van der Waals surface area contributed by atoms with E-state index in [4.69, 9.17) is 0 Å². The van der Waals surface area contributed by atoms with E-state index in [1.807, 2.05) is 46.5 Å². The van der Waals surface area contributed by atoms with E-state index in [0.717, 1.165) is 24.9 Å². The van der Waals surface area contributed by atoms with Crippen LogP contribution >= 0.6 is 11.3 Å². The molecule has 3 aromatic rings. The third-order valence-corrected chi connectivity index (χ3v) is 6.16. The number of carbonyl (C=O) groups excluding carboxylic acids is 2. The Morgan fingerprint density at radius 1 is 1.21 bits per heavy atom. The van der Waals surface area contributed by atoms with E-state index in [1.165, 1.54) is 4.88 Å². The van der Waals surface area contributed by atoms with Crippen LogP contribution in [0.1, 0.15) is 28.2 Å². The number of rotatable bonds is 6. The van der Waals surface area contributed by atoms with Crippen molar-refractivity contribution in [2.24, 2.45) is 5.92 Å². The molecular weight excluding hydrogens is 384 g/mol. The fraction of sp³-hybridized carbons (Fsp3) is 0.318. The highest BCUT2D eigenvalue weighted by Crippen LogP contribution is 2.21. The molecule has 6 nitrogen and oxygen atoms in total. The Morgan fingerprint density at radius 3 is 2.93 bits per heavy atom. The summed E-state index contributed by atoms with van der Waals surface area (Å²) < 4.78 is 1.85. The predicted octanol–water partition coefficient (Wildman–Crippen LogP) is 3.14. The molecule has 0 aliphatic carbocycles. The fourth-order valence-corrected chi connectivity index (χ4v) is 4.43. The first-order valence-electron chi connectivity index (χ1n) is 9.89. The lowest BCUT2D eigenvalue weighted by atomic mass is 9.96. The van der Waals surface area contributed by atoms with Gasteiger partial charge in [-0.25, -0.2) is 0 Å². The van der Waals surface area contributed by atoms with Crippen LogP contribution in [0.2, 0.25) is 0 Å². The van der Waals surface area contributed by atoms with Gasteiger partial charge in [0, 0.05) is 36.9 Å². The van der Waals surface area contributed by atoms with E-state index in [9.17, 15) is 9.59 Å². The van der Waals surface area contributed by atoms with Crippen LogP contribution in [0.3, 0.4) is 0 Å². The van der Waals surface area contributed by atoms with Crippen molar-refractivity contribution in [3.63, 3.8) is 0 Å². The second kappa shape index (κ2) is 9.05. The van der Waals surface area contributed by atoms with Gasteiger partial charge < -0.3 is 14.8 Å². The number of carbonyl (C=O) groups is 2. The van der Waals surface area contributed by atoms with E-state index in [-0.39, 0.29) is 17.7 Å². The summed E-state index contributed by atoms with van der Waals surface area (Å²) in [6, 6.07) is 11.5. The standard InChI is InChI=1S/C22H24N4O2S/c27-21(24-11-9-19-7-4-14-29-19)17-5-2-12-25(16-17)22(28)20-8-3-13-26(20)18-6-1-10-23-15-18/h1,3-4,6-8,10,13-15,17H,2,5,9,11-12,16H2,(H,24,27)/t17-/m0/s1. The first-order chi connectivity index (χ1) is 14.2. The molecule has 0 saturated carbocycles. The molecule has 1 atom stereocenters. The quantitative estimate of drug-likeness (QED) is 0.681. The molecule has 1 N–H and O–H groups in total. The van der Waals surface area contributed by atoms with Crippen molar-refractivity contribution in [1.29, 1.82) is 0 Å². The molecule has 3 aromatic heterocycles. The number of aromatic nitrogens is 2. The number of nitrogens with one attached hydrogen (secondary N) is 1. The van der Waals surface area contributed by atoms with Crippen LogP contribution in [0.25, 0.3) is 5.69 Å². The molecule has 1 fully saturated rings. The van der Waals surface area contributed by atoms with Crippen molar-refractivity contribution in [2.45, 2.75) is 19.3 Å². The molecule has 1 aliphatic rings. The summed E-state index contributed by atoms with van der Waals surface area (Å²) in [4.78, 5) is 33.0. The van der Waals surface area contributed by atoms with E-state index in [2.05, 4.69) is 16.4 Å². The molecule has 1 aliphatic heterocycles. The highest BCUT2D eigenvalue weighted by molar-refractivity contribution is 7.09. The normalized spacial score (nSPS) is 16.6. The number of hydrogen-bond donors (Lipinski definition) is 1. The van der Waals surface area contributed by atoms with Crippen molar-refractivity contribution in [3.8, 4) is 5.69 Å². The fourth-order valence-electron chi connectivity index (χ4n) is 3.72. The van der Waals surface area contributed by atoms with Crippen LogP contribution in [0, 0.1) is 5.92 Å². The molecule has 4 rings (SSSR count). The molecule has 0 spiro atoms. The van der Waals surface area contributed by atoms with Crippen LogP contribution in [0.4, 0.5) is 0 Å². The van der Waals surface area contributed by atoms with Crippen molar-refractivity contribution in [1.82, 2.24) is 19.8 Å². The monoisotopic (exact) mass is 408 g/mol. The third kappa shape index (κ3) is 4.56. The molecule has 2 amide bonds. The number of likely N-dealkylation sites (tertiary alicyclic amines) is 1. The van der Waals surface area contributed by atoms with Crippen LogP contribution in [-0.4, -0.2) is 45.9 Å². The Bertz CT molecular complexity index is 952. The summed E-state index contributed by atoms with van der Waals surface area (Å²) in [7, 11) is 0. The predicted molar refractivity (Wildman–Crippen MR) is 113 cm³/mol. The van der Waals surface area contributed by atoms with Gasteiger partial charge in [-0.3, -0.25) is 14.6 Å². The molecule has 7 heteroatoms. The lowest BCUT2D eigenvalue weighted by Crippen LogP contribution is -2.46. The molecule has 29 heavy (non-hydrogen) atoms. The van der Waals surface area contributed by atoms with Gasteiger partial charge in [-0.05, 0) is 55.0 Å². The zero-order valence-electron chi connectivity index (χ0n) is 16.2. The molecule has 1 saturated heterocycles. The zero-order valence-corrected chi connectivity index (χ0v) is 17.0. The number of piperidine rings is 1. The average molecular weight is 409 g/mol. The highest BCUT2D eigenvalue weighted by atomic mass is 32.1. The number of pyridine rings is 1. The van der Waals surface area contributed by atoms with Crippen molar-refractivity contribution >= 4 is 23.2 Å². The maximum atomic E-state index is 13.1. The lowest BCUT2D eigenvalue weighted by Gasteiger charge is -2.32. The summed E-state index contributed by atoms with van der Waals surface area (Å²) in [6.45, 7) is 1.77. The maximum Gasteiger partial charge on any atom is 0.270 e. The Morgan fingerprint density at radius 2 is 2.14 bits per heavy atom. The number of hydrogen-bond acceptors (Lipinski definition) is 4. The molecule has 0 radical (unpaired) electrons. The van der Waals surface area contributed by atoms with Gasteiger partial charge in [0.1, 0.15) is 5.69 Å². The first kappa shape index (κ1) is 19.4. The summed E-state index contributed by atoms with van der Waals surface area (Å²) in [5.41, 5.74) is 1.44. The molecule has 150 valence electrons. The van der Waals surface area contributed by atoms with E-state index in [1.54, 1.807) is 28.6 Å². The third-order valence-electron chi connectivity index (χ3n) is 5.22. The lowest BCUT2D eigenvalue weighted by molar-refractivity contribution is -0.126. The van der Waals surface area contributed by atoms with Gasteiger partial charge in [0.15, 0.2) is 0 Å². The molecule has 4 heterocycles. The van der Waals surface area contributed by atoms with Gasteiger partial charge in [0.2, 0.25) is 5.91 Å². The summed E-state index contributed by atoms with van der Waals surface area (Å²) in [6.07, 6.45) is 7.80. The second-order valence-electron chi connectivity index (χ2n) is 7.19. The maximum absolute atomic E-state index is 13.1. The largest absolute Gasteiger partial charge is 0.355 e. The van der Waals surface area contributed by atoms with Crippen LogP contribution in [0.5, 0.6) is 0 Å². The molecule has 0 aromatic carbocycles. The van der Waals surface area contributed by atoms with Crippen LogP contribution < -0.4 is 5.32 Å². The molecule has 0 unspecified atom stereocenters. The Balaban J connectivity index is 1.38. The second-order valence-corrected chi connectivity index (χ2v) is 8.22. The summed E-state index contributed by atoms with van der Waals surface area (Å²) in [5, 5.41) is 5.08. The highest BCUT2D eigenvalue weighted by Gasteiger charge is 2.29.